The van der Waals surface area contributed by atoms with Crippen LogP contribution in [0.5, 0.6) is 5.88 Å². The van der Waals surface area contributed by atoms with E-state index in [1.807, 2.05) is 19.2 Å². The number of aromatic nitrogens is 1. The number of pyridine rings is 1. The van der Waals surface area contributed by atoms with Gasteiger partial charge in [-0.1, -0.05) is 26.3 Å². The summed E-state index contributed by atoms with van der Waals surface area (Å²) in [7, 11) is 3.47. The van der Waals surface area contributed by atoms with Gasteiger partial charge < -0.3 is 20.1 Å². The molecule has 0 aromatic carbocycles. The standard InChI is InChI=1S/C20H34N4O2/c1-16(2)13-20(8-6-9-20)15-24-19(21-3)23-14-17-7-5-10-22-18(17)26-12-11-25-4/h5,7,10,16H,6,8-9,11-15H2,1-4H3,(H2,21,23,24). The number of ether oxygens (including phenoxy) is 2. The minimum absolute atomic E-state index is 0.439. The van der Waals surface area contributed by atoms with E-state index in [4.69, 9.17) is 9.47 Å². The first-order valence-electron chi connectivity index (χ1n) is 9.59. The second kappa shape index (κ2) is 10.4. The summed E-state index contributed by atoms with van der Waals surface area (Å²) < 4.78 is 10.7. The largest absolute Gasteiger partial charge is 0.475 e. The molecule has 2 N–H and O–H groups in total. The Morgan fingerprint density at radius 2 is 2.12 bits per heavy atom. The summed E-state index contributed by atoms with van der Waals surface area (Å²) in [6.07, 6.45) is 6.99. The van der Waals surface area contributed by atoms with Crippen LogP contribution in [0.3, 0.4) is 0 Å². The van der Waals surface area contributed by atoms with Gasteiger partial charge in [-0.2, -0.15) is 0 Å². The molecule has 6 heteroatoms. The first-order valence-corrected chi connectivity index (χ1v) is 9.59. The fourth-order valence-electron chi connectivity index (χ4n) is 3.58. The number of hydrogen-bond donors (Lipinski definition) is 2. The van der Waals surface area contributed by atoms with Crippen molar-refractivity contribution < 1.29 is 9.47 Å². The lowest BCUT2D eigenvalue weighted by atomic mass is 9.64. The molecule has 0 spiro atoms. The fraction of sp³-hybridized carbons (Fsp3) is 0.700. The minimum Gasteiger partial charge on any atom is -0.475 e. The first-order chi connectivity index (χ1) is 12.6. The SMILES string of the molecule is CN=C(NCc1cccnc1OCCOC)NCC1(CC(C)C)CCC1. The molecule has 0 radical (unpaired) electrons. The monoisotopic (exact) mass is 362 g/mol. The molecule has 0 bridgehead atoms. The Morgan fingerprint density at radius 3 is 2.73 bits per heavy atom. The van der Waals surface area contributed by atoms with Crippen LogP contribution in [0.1, 0.15) is 45.1 Å². The Labute approximate surface area is 157 Å². The van der Waals surface area contributed by atoms with Crippen LogP contribution in [0.4, 0.5) is 0 Å². The maximum absolute atomic E-state index is 5.69. The number of hydrogen-bond acceptors (Lipinski definition) is 4. The predicted molar refractivity (Wildman–Crippen MR) is 106 cm³/mol. The predicted octanol–water partition coefficient (Wildman–Crippen LogP) is 2.99. The Morgan fingerprint density at radius 1 is 1.31 bits per heavy atom. The van der Waals surface area contributed by atoms with E-state index in [0.29, 0.717) is 31.1 Å². The van der Waals surface area contributed by atoms with Crippen LogP contribution in [-0.4, -0.2) is 44.9 Å². The third kappa shape index (κ3) is 6.16. The van der Waals surface area contributed by atoms with Crippen LogP contribution in [0.2, 0.25) is 0 Å². The maximum Gasteiger partial charge on any atom is 0.218 e. The molecule has 0 unspecified atom stereocenters. The molecule has 146 valence electrons. The van der Waals surface area contributed by atoms with Crippen molar-refractivity contribution in [2.24, 2.45) is 16.3 Å². The second-order valence-corrected chi connectivity index (χ2v) is 7.54. The highest BCUT2D eigenvalue weighted by Crippen LogP contribution is 2.45. The van der Waals surface area contributed by atoms with Crippen molar-refractivity contribution in [2.45, 2.75) is 46.1 Å². The van der Waals surface area contributed by atoms with Gasteiger partial charge >= 0.3 is 0 Å². The number of nitrogens with zero attached hydrogens (tertiary/aromatic N) is 2. The van der Waals surface area contributed by atoms with E-state index in [9.17, 15) is 0 Å². The summed E-state index contributed by atoms with van der Waals surface area (Å²) in [6, 6.07) is 3.93. The van der Waals surface area contributed by atoms with Crippen molar-refractivity contribution in [3.8, 4) is 5.88 Å². The van der Waals surface area contributed by atoms with Gasteiger partial charge in [-0.15, -0.1) is 0 Å². The highest BCUT2D eigenvalue weighted by molar-refractivity contribution is 5.79. The zero-order chi connectivity index (χ0) is 18.8. The van der Waals surface area contributed by atoms with E-state index in [0.717, 1.165) is 24.0 Å². The van der Waals surface area contributed by atoms with Gasteiger partial charge in [-0.05, 0) is 36.7 Å². The summed E-state index contributed by atoms with van der Waals surface area (Å²) in [5.74, 6) is 2.20. The van der Waals surface area contributed by atoms with Crippen LogP contribution in [0.25, 0.3) is 0 Å². The molecule has 2 rings (SSSR count). The molecule has 0 aliphatic heterocycles. The van der Waals surface area contributed by atoms with E-state index in [2.05, 4.69) is 34.5 Å². The molecule has 6 nitrogen and oxygen atoms in total. The average Bonchev–Trinajstić information content (AvgIpc) is 2.60. The normalized spacial score (nSPS) is 16.3. The van der Waals surface area contributed by atoms with E-state index >= 15 is 0 Å². The first kappa shape index (κ1) is 20.5. The van der Waals surface area contributed by atoms with E-state index in [-0.39, 0.29) is 0 Å². The molecule has 1 fully saturated rings. The van der Waals surface area contributed by atoms with Crippen LogP contribution < -0.4 is 15.4 Å². The third-order valence-electron chi connectivity index (χ3n) is 4.93. The van der Waals surface area contributed by atoms with Crippen molar-refractivity contribution in [1.29, 1.82) is 0 Å². The highest BCUT2D eigenvalue weighted by Gasteiger charge is 2.37. The molecule has 26 heavy (non-hydrogen) atoms. The van der Waals surface area contributed by atoms with Gasteiger partial charge in [0, 0.05) is 39.0 Å². The Balaban J connectivity index is 1.85. The molecule has 1 aromatic heterocycles. The Kier molecular flexibility index (Phi) is 8.16. The van der Waals surface area contributed by atoms with Crippen molar-refractivity contribution >= 4 is 5.96 Å². The van der Waals surface area contributed by atoms with E-state index in [1.54, 1.807) is 13.3 Å². The molecule has 1 saturated carbocycles. The number of rotatable bonds is 10. The van der Waals surface area contributed by atoms with Gasteiger partial charge in [0.25, 0.3) is 0 Å². The van der Waals surface area contributed by atoms with Gasteiger partial charge in [0.1, 0.15) is 6.61 Å². The lowest BCUT2D eigenvalue weighted by molar-refractivity contribution is 0.104. The molecule has 0 saturated heterocycles. The zero-order valence-electron chi connectivity index (χ0n) is 16.7. The van der Waals surface area contributed by atoms with Gasteiger partial charge in [0.15, 0.2) is 5.96 Å². The van der Waals surface area contributed by atoms with Gasteiger partial charge in [-0.25, -0.2) is 4.98 Å². The minimum atomic E-state index is 0.439. The molecule has 0 atom stereocenters. The van der Waals surface area contributed by atoms with E-state index in [1.165, 1.54) is 25.7 Å². The Bertz CT molecular complexity index is 571. The summed E-state index contributed by atoms with van der Waals surface area (Å²) in [4.78, 5) is 8.68. The smallest absolute Gasteiger partial charge is 0.218 e. The molecule has 0 amide bonds. The highest BCUT2D eigenvalue weighted by atomic mass is 16.5. The lowest BCUT2D eigenvalue weighted by Gasteiger charge is -2.43. The summed E-state index contributed by atoms with van der Waals surface area (Å²) in [5.41, 5.74) is 1.45. The number of methoxy groups -OCH3 is 1. The average molecular weight is 363 g/mol. The summed E-state index contributed by atoms with van der Waals surface area (Å²) in [6.45, 7) is 7.25. The Hall–Kier alpha value is -1.82. The second-order valence-electron chi connectivity index (χ2n) is 7.54. The quantitative estimate of drug-likeness (QED) is 0.380. The van der Waals surface area contributed by atoms with Crippen molar-refractivity contribution in [2.75, 3.05) is 33.9 Å². The molecular weight excluding hydrogens is 328 g/mol. The number of guanidine groups is 1. The molecule has 1 aromatic rings. The zero-order valence-corrected chi connectivity index (χ0v) is 16.7. The van der Waals surface area contributed by atoms with Crippen LogP contribution in [-0.2, 0) is 11.3 Å². The van der Waals surface area contributed by atoms with Crippen LogP contribution in [0.15, 0.2) is 23.3 Å². The third-order valence-corrected chi connectivity index (χ3v) is 4.93. The molecular formula is C20H34N4O2. The summed E-state index contributed by atoms with van der Waals surface area (Å²) >= 11 is 0. The van der Waals surface area contributed by atoms with E-state index < -0.39 is 0 Å². The van der Waals surface area contributed by atoms with Gasteiger partial charge in [-0.3, -0.25) is 4.99 Å². The number of nitrogens with one attached hydrogen (secondary N) is 2. The fourth-order valence-corrected chi connectivity index (χ4v) is 3.58. The van der Waals surface area contributed by atoms with Gasteiger partial charge in [0.2, 0.25) is 5.88 Å². The van der Waals surface area contributed by atoms with Crippen molar-refractivity contribution in [3.05, 3.63) is 23.9 Å². The topological polar surface area (TPSA) is 67.8 Å². The van der Waals surface area contributed by atoms with Gasteiger partial charge in [0.05, 0.1) is 6.61 Å². The maximum atomic E-state index is 5.69. The van der Waals surface area contributed by atoms with Crippen molar-refractivity contribution in [3.63, 3.8) is 0 Å². The summed E-state index contributed by atoms with van der Waals surface area (Å²) in [5, 5.41) is 6.90. The molecule has 1 aliphatic rings. The van der Waals surface area contributed by atoms with Crippen LogP contribution >= 0.6 is 0 Å². The van der Waals surface area contributed by atoms with Crippen LogP contribution in [0, 0.1) is 11.3 Å². The molecule has 1 aliphatic carbocycles. The molecule has 1 heterocycles. The van der Waals surface area contributed by atoms with Crippen molar-refractivity contribution in [1.82, 2.24) is 15.6 Å². The lowest BCUT2D eigenvalue weighted by Crippen LogP contribution is -2.46. The number of aliphatic imine (C=N–C) groups is 1.